The van der Waals surface area contributed by atoms with Crippen molar-refractivity contribution in [2.24, 2.45) is 11.1 Å². The van der Waals surface area contributed by atoms with Crippen molar-refractivity contribution in [2.45, 2.75) is 58.9 Å². The third kappa shape index (κ3) is 2.76. The number of nitrogens with two attached hydrogens (primary N) is 1. The first-order valence-electron chi connectivity index (χ1n) is 6.43. The zero-order chi connectivity index (χ0) is 12.4. The van der Waals surface area contributed by atoms with Crippen LogP contribution in [0.15, 0.2) is 0 Å². The molecule has 3 heteroatoms. The van der Waals surface area contributed by atoms with E-state index in [1.54, 1.807) is 13.8 Å². The molecular formula is C13H26N2O. The van der Waals surface area contributed by atoms with Gasteiger partial charge in [0.25, 0.3) is 0 Å². The highest BCUT2D eigenvalue weighted by Gasteiger charge is 2.36. The van der Waals surface area contributed by atoms with Crippen LogP contribution in [0.4, 0.5) is 0 Å². The standard InChI is InChI=1S/C13H26N2O/c1-5-13(6-2)7-9-15(10-8-13)11(16)12(3,4)14/h5-10,14H2,1-4H3. The molecule has 0 saturated carbocycles. The van der Waals surface area contributed by atoms with Gasteiger partial charge in [-0.05, 0) is 32.1 Å². The van der Waals surface area contributed by atoms with Crippen LogP contribution >= 0.6 is 0 Å². The summed E-state index contributed by atoms with van der Waals surface area (Å²) in [5, 5.41) is 0. The maximum Gasteiger partial charge on any atom is 0.242 e. The van der Waals surface area contributed by atoms with Gasteiger partial charge in [0, 0.05) is 13.1 Å². The fourth-order valence-corrected chi connectivity index (χ4v) is 2.55. The van der Waals surface area contributed by atoms with Gasteiger partial charge in [0.15, 0.2) is 0 Å². The van der Waals surface area contributed by atoms with Crippen LogP contribution in [0.25, 0.3) is 0 Å². The van der Waals surface area contributed by atoms with Crippen LogP contribution in [0.1, 0.15) is 53.4 Å². The monoisotopic (exact) mass is 226 g/mol. The molecule has 16 heavy (non-hydrogen) atoms. The van der Waals surface area contributed by atoms with E-state index in [-0.39, 0.29) is 5.91 Å². The summed E-state index contributed by atoms with van der Waals surface area (Å²) in [5.74, 6) is 0.0910. The number of carbonyl (C=O) groups excluding carboxylic acids is 1. The fourth-order valence-electron chi connectivity index (χ4n) is 2.55. The quantitative estimate of drug-likeness (QED) is 0.801. The van der Waals surface area contributed by atoms with E-state index in [1.807, 2.05) is 4.90 Å². The van der Waals surface area contributed by atoms with Gasteiger partial charge in [-0.2, -0.15) is 0 Å². The Morgan fingerprint density at radius 1 is 1.25 bits per heavy atom. The molecule has 1 heterocycles. The van der Waals surface area contributed by atoms with Gasteiger partial charge >= 0.3 is 0 Å². The van der Waals surface area contributed by atoms with E-state index >= 15 is 0 Å². The molecule has 0 unspecified atom stereocenters. The normalized spacial score (nSPS) is 20.9. The van der Waals surface area contributed by atoms with Gasteiger partial charge in [0.2, 0.25) is 5.91 Å². The molecule has 1 rings (SSSR count). The molecule has 94 valence electrons. The third-order valence-corrected chi connectivity index (χ3v) is 4.16. The van der Waals surface area contributed by atoms with Crippen LogP contribution in [-0.4, -0.2) is 29.4 Å². The number of amides is 1. The number of nitrogens with zero attached hydrogens (tertiary/aromatic N) is 1. The summed E-state index contributed by atoms with van der Waals surface area (Å²) < 4.78 is 0. The molecule has 1 fully saturated rings. The van der Waals surface area contributed by atoms with Crippen molar-refractivity contribution in [3.63, 3.8) is 0 Å². The van der Waals surface area contributed by atoms with Crippen LogP contribution in [0.5, 0.6) is 0 Å². The van der Waals surface area contributed by atoms with Gasteiger partial charge in [-0.1, -0.05) is 26.7 Å². The van der Waals surface area contributed by atoms with Crippen molar-refractivity contribution in [3.05, 3.63) is 0 Å². The fraction of sp³-hybridized carbons (Fsp3) is 0.923. The molecule has 1 aliphatic rings. The highest BCUT2D eigenvalue weighted by molar-refractivity contribution is 5.85. The van der Waals surface area contributed by atoms with Crippen LogP contribution in [0.2, 0.25) is 0 Å². The minimum Gasteiger partial charge on any atom is -0.341 e. The van der Waals surface area contributed by atoms with Crippen molar-refractivity contribution in [3.8, 4) is 0 Å². The van der Waals surface area contributed by atoms with Gasteiger partial charge in [0.05, 0.1) is 5.54 Å². The summed E-state index contributed by atoms with van der Waals surface area (Å²) in [6, 6.07) is 0. The second-order valence-corrected chi connectivity index (χ2v) is 5.72. The van der Waals surface area contributed by atoms with E-state index in [4.69, 9.17) is 5.73 Å². The highest BCUT2D eigenvalue weighted by Crippen LogP contribution is 2.38. The van der Waals surface area contributed by atoms with E-state index in [1.165, 1.54) is 12.8 Å². The Morgan fingerprint density at radius 3 is 2.00 bits per heavy atom. The number of hydrogen-bond acceptors (Lipinski definition) is 2. The molecule has 2 N–H and O–H groups in total. The zero-order valence-electron chi connectivity index (χ0n) is 11.2. The van der Waals surface area contributed by atoms with Gasteiger partial charge in [0.1, 0.15) is 0 Å². The molecule has 0 aliphatic carbocycles. The van der Waals surface area contributed by atoms with E-state index in [0.29, 0.717) is 5.41 Å². The Kier molecular flexibility index (Phi) is 4.00. The Labute approximate surface area is 99.4 Å². The molecule has 1 aliphatic heterocycles. The van der Waals surface area contributed by atoms with E-state index in [2.05, 4.69) is 13.8 Å². The third-order valence-electron chi connectivity index (χ3n) is 4.16. The molecule has 0 spiro atoms. The van der Waals surface area contributed by atoms with E-state index in [0.717, 1.165) is 25.9 Å². The number of carbonyl (C=O) groups is 1. The minimum atomic E-state index is -0.724. The van der Waals surface area contributed by atoms with E-state index in [9.17, 15) is 4.79 Å². The van der Waals surface area contributed by atoms with Crippen molar-refractivity contribution < 1.29 is 4.79 Å². The van der Waals surface area contributed by atoms with E-state index < -0.39 is 5.54 Å². The first kappa shape index (κ1) is 13.5. The maximum atomic E-state index is 12.0. The summed E-state index contributed by atoms with van der Waals surface area (Å²) in [6.07, 6.45) is 4.69. The molecule has 0 aromatic heterocycles. The molecule has 3 nitrogen and oxygen atoms in total. The average molecular weight is 226 g/mol. The van der Waals surface area contributed by atoms with Crippen LogP contribution in [0, 0.1) is 5.41 Å². The molecule has 0 aromatic carbocycles. The van der Waals surface area contributed by atoms with Crippen LogP contribution < -0.4 is 5.73 Å². The SMILES string of the molecule is CCC1(CC)CCN(C(=O)C(C)(C)N)CC1. The zero-order valence-corrected chi connectivity index (χ0v) is 11.2. The lowest BCUT2D eigenvalue weighted by atomic mass is 9.74. The largest absolute Gasteiger partial charge is 0.341 e. The lowest BCUT2D eigenvalue weighted by molar-refractivity contribution is -0.138. The van der Waals surface area contributed by atoms with Gasteiger partial charge in [-0.25, -0.2) is 0 Å². The molecule has 0 atom stereocenters. The number of piperidine rings is 1. The summed E-state index contributed by atoms with van der Waals surface area (Å²) in [6.45, 7) is 9.84. The molecule has 0 aromatic rings. The van der Waals surface area contributed by atoms with Crippen molar-refractivity contribution in [1.29, 1.82) is 0 Å². The number of likely N-dealkylation sites (tertiary alicyclic amines) is 1. The topological polar surface area (TPSA) is 46.3 Å². The Bertz CT molecular complexity index is 241. The maximum absolute atomic E-state index is 12.0. The molecule has 0 bridgehead atoms. The first-order valence-corrected chi connectivity index (χ1v) is 6.43. The predicted octanol–water partition coefficient (Wildman–Crippen LogP) is 2.15. The Morgan fingerprint density at radius 2 is 1.69 bits per heavy atom. The summed E-state index contributed by atoms with van der Waals surface area (Å²) in [5.41, 5.74) is 5.60. The summed E-state index contributed by atoms with van der Waals surface area (Å²) in [4.78, 5) is 13.9. The molecule has 1 amide bonds. The van der Waals surface area contributed by atoms with Crippen molar-refractivity contribution in [2.75, 3.05) is 13.1 Å². The highest BCUT2D eigenvalue weighted by atomic mass is 16.2. The Balaban J connectivity index is 2.59. The predicted molar refractivity (Wildman–Crippen MR) is 67.1 cm³/mol. The van der Waals surface area contributed by atoms with Crippen molar-refractivity contribution >= 4 is 5.91 Å². The first-order chi connectivity index (χ1) is 7.34. The Hall–Kier alpha value is -0.570. The van der Waals surface area contributed by atoms with Crippen molar-refractivity contribution in [1.82, 2.24) is 4.90 Å². The lowest BCUT2D eigenvalue weighted by Crippen LogP contribution is -2.54. The van der Waals surface area contributed by atoms with Crippen LogP contribution in [-0.2, 0) is 4.79 Å². The number of rotatable bonds is 3. The summed E-state index contributed by atoms with van der Waals surface area (Å²) >= 11 is 0. The molecule has 0 radical (unpaired) electrons. The number of hydrogen-bond donors (Lipinski definition) is 1. The average Bonchev–Trinajstić information content (AvgIpc) is 2.27. The second-order valence-electron chi connectivity index (χ2n) is 5.72. The van der Waals surface area contributed by atoms with Crippen LogP contribution in [0.3, 0.4) is 0 Å². The van der Waals surface area contributed by atoms with Gasteiger partial charge in [-0.15, -0.1) is 0 Å². The lowest BCUT2D eigenvalue weighted by Gasteiger charge is -2.42. The molecule has 1 saturated heterocycles. The van der Waals surface area contributed by atoms with Gasteiger partial charge < -0.3 is 10.6 Å². The minimum absolute atomic E-state index is 0.0910. The smallest absolute Gasteiger partial charge is 0.242 e. The summed E-state index contributed by atoms with van der Waals surface area (Å²) in [7, 11) is 0. The molecular weight excluding hydrogens is 200 g/mol. The second kappa shape index (κ2) is 4.74. The van der Waals surface area contributed by atoms with Gasteiger partial charge in [-0.3, -0.25) is 4.79 Å².